The zero-order valence-electron chi connectivity index (χ0n) is 13.9. The average Bonchev–Trinajstić information content (AvgIpc) is 2.79. The lowest BCUT2D eigenvalue weighted by Gasteiger charge is -2.23. The van der Waals surface area contributed by atoms with Crippen LogP contribution in [0.1, 0.15) is 90.4 Å². The Morgan fingerprint density at radius 1 is 1.00 bits per heavy atom. The molecule has 1 aliphatic carbocycles. The third kappa shape index (κ3) is 7.85. The molecule has 124 valence electrons. The predicted octanol–water partition coefficient (Wildman–Crippen LogP) is 4.74. The van der Waals surface area contributed by atoms with Crippen molar-refractivity contribution in [1.82, 2.24) is 0 Å². The number of unbranched alkanes of at least 4 members (excludes halogenated alkanes) is 6. The first-order chi connectivity index (χ1) is 10.1. The molecule has 0 aliphatic heterocycles. The van der Waals surface area contributed by atoms with Gasteiger partial charge in [-0.15, -0.1) is 0 Å². The lowest BCUT2D eigenvalue weighted by Crippen LogP contribution is -2.27. The summed E-state index contributed by atoms with van der Waals surface area (Å²) in [5, 5.41) is 8.62. The molecule has 0 aromatic rings. The van der Waals surface area contributed by atoms with Gasteiger partial charge in [0.1, 0.15) is 0 Å². The molecule has 1 saturated carbocycles. The third-order valence-electron chi connectivity index (χ3n) is 5.13. The van der Waals surface area contributed by atoms with Crippen LogP contribution in [-0.2, 0) is 4.79 Å². The highest BCUT2D eigenvalue weighted by molar-refractivity contribution is 5.66. The summed E-state index contributed by atoms with van der Waals surface area (Å²) in [7, 11) is 0. The van der Waals surface area contributed by atoms with Crippen molar-refractivity contribution in [3.05, 3.63) is 0 Å². The smallest absolute Gasteiger partial charge is 0.303 e. The summed E-state index contributed by atoms with van der Waals surface area (Å²) < 4.78 is 0. The van der Waals surface area contributed by atoms with E-state index in [1.807, 2.05) is 0 Å². The maximum atomic E-state index is 10.5. The molecule has 0 aromatic carbocycles. The summed E-state index contributed by atoms with van der Waals surface area (Å²) in [5.74, 6) is 0.918. The first-order valence-corrected chi connectivity index (χ1v) is 9.12. The molecule has 0 bridgehead atoms. The number of rotatable bonds is 12. The number of carboxylic acids is 1. The summed E-state index contributed by atoms with van der Waals surface area (Å²) in [6, 6.07) is 0.417. The van der Waals surface area contributed by atoms with Crippen molar-refractivity contribution < 1.29 is 9.90 Å². The molecular weight excluding hydrogens is 262 g/mol. The Morgan fingerprint density at radius 2 is 1.67 bits per heavy atom. The van der Waals surface area contributed by atoms with E-state index < -0.39 is 5.97 Å². The van der Waals surface area contributed by atoms with Gasteiger partial charge in [-0.1, -0.05) is 58.3 Å². The molecular formula is C18H35NO2. The van der Waals surface area contributed by atoms with E-state index >= 15 is 0 Å². The Labute approximate surface area is 130 Å². The Kier molecular flexibility index (Phi) is 9.73. The lowest BCUT2D eigenvalue weighted by molar-refractivity contribution is -0.137. The van der Waals surface area contributed by atoms with Gasteiger partial charge in [-0.25, -0.2) is 0 Å². The zero-order valence-corrected chi connectivity index (χ0v) is 13.9. The summed E-state index contributed by atoms with van der Waals surface area (Å²) in [5.41, 5.74) is 6.30. The number of hydrogen-bond acceptors (Lipinski definition) is 2. The number of carbonyl (C=O) groups is 1. The third-order valence-corrected chi connectivity index (χ3v) is 5.13. The molecule has 3 nitrogen and oxygen atoms in total. The van der Waals surface area contributed by atoms with Crippen LogP contribution < -0.4 is 5.73 Å². The number of aliphatic carboxylic acids is 1. The van der Waals surface area contributed by atoms with Crippen LogP contribution in [0, 0.1) is 11.8 Å². The molecule has 1 fully saturated rings. The second-order valence-electron chi connectivity index (χ2n) is 6.86. The SMILES string of the molecule is CCCCCC[C@H]1CCC(N)[C@@H]1CCCCCCC(=O)O. The van der Waals surface area contributed by atoms with Gasteiger partial charge in [0.15, 0.2) is 0 Å². The minimum atomic E-state index is -0.667. The van der Waals surface area contributed by atoms with E-state index in [0.717, 1.165) is 24.7 Å². The first-order valence-electron chi connectivity index (χ1n) is 9.12. The monoisotopic (exact) mass is 297 g/mol. The van der Waals surface area contributed by atoms with Gasteiger partial charge in [-0.05, 0) is 37.5 Å². The van der Waals surface area contributed by atoms with Gasteiger partial charge in [0.2, 0.25) is 0 Å². The second-order valence-corrected chi connectivity index (χ2v) is 6.86. The van der Waals surface area contributed by atoms with Crippen LogP contribution in [0.4, 0.5) is 0 Å². The van der Waals surface area contributed by atoms with E-state index in [4.69, 9.17) is 10.8 Å². The predicted molar refractivity (Wildman–Crippen MR) is 88.3 cm³/mol. The van der Waals surface area contributed by atoms with Crippen molar-refractivity contribution in [3.63, 3.8) is 0 Å². The summed E-state index contributed by atoms with van der Waals surface area (Å²) in [6.07, 6.45) is 15.2. The molecule has 0 spiro atoms. The molecule has 3 heteroatoms. The standard InChI is InChI=1S/C18H35NO2/c1-2-3-4-7-10-15-13-14-17(19)16(15)11-8-5-6-9-12-18(20)21/h15-17H,2-14,19H2,1H3,(H,20,21)/t15-,16+,17?/m0/s1. The van der Waals surface area contributed by atoms with E-state index in [-0.39, 0.29) is 0 Å². The van der Waals surface area contributed by atoms with Crippen LogP contribution in [-0.4, -0.2) is 17.1 Å². The highest BCUT2D eigenvalue weighted by Gasteiger charge is 2.32. The molecule has 0 saturated heterocycles. The summed E-state index contributed by atoms with van der Waals surface area (Å²) in [6.45, 7) is 2.26. The van der Waals surface area contributed by atoms with Crippen molar-refractivity contribution in [1.29, 1.82) is 0 Å². The van der Waals surface area contributed by atoms with Crippen LogP contribution in [0.2, 0.25) is 0 Å². The molecule has 3 N–H and O–H groups in total. The zero-order chi connectivity index (χ0) is 15.5. The number of carboxylic acid groups (broad SMARTS) is 1. The molecule has 1 rings (SSSR count). The Hall–Kier alpha value is -0.570. The van der Waals surface area contributed by atoms with Gasteiger partial charge in [0.25, 0.3) is 0 Å². The van der Waals surface area contributed by atoms with E-state index in [0.29, 0.717) is 12.5 Å². The first kappa shape index (κ1) is 18.5. The molecule has 3 atom stereocenters. The summed E-state index contributed by atoms with van der Waals surface area (Å²) >= 11 is 0. The van der Waals surface area contributed by atoms with Gasteiger partial charge in [0, 0.05) is 12.5 Å². The minimum absolute atomic E-state index is 0.322. The van der Waals surface area contributed by atoms with E-state index in [9.17, 15) is 4.79 Å². The van der Waals surface area contributed by atoms with Gasteiger partial charge in [-0.2, -0.15) is 0 Å². The molecule has 1 aliphatic rings. The van der Waals surface area contributed by atoms with Crippen LogP contribution in [0.25, 0.3) is 0 Å². The Balaban J connectivity index is 2.13. The normalized spacial score (nSPS) is 25.3. The Morgan fingerprint density at radius 3 is 2.38 bits per heavy atom. The largest absolute Gasteiger partial charge is 0.481 e. The minimum Gasteiger partial charge on any atom is -0.481 e. The van der Waals surface area contributed by atoms with Gasteiger partial charge in [0.05, 0.1) is 0 Å². The van der Waals surface area contributed by atoms with Crippen LogP contribution in [0.3, 0.4) is 0 Å². The molecule has 0 aromatic heterocycles. The molecule has 0 amide bonds. The van der Waals surface area contributed by atoms with Gasteiger partial charge < -0.3 is 10.8 Å². The topological polar surface area (TPSA) is 63.3 Å². The summed E-state index contributed by atoms with van der Waals surface area (Å²) in [4.78, 5) is 10.5. The molecule has 0 heterocycles. The number of nitrogens with two attached hydrogens (primary N) is 1. The fourth-order valence-corrected chi connectivity index (χ4v) is 3.84. The number of hydrogen-bond donors (Lipinski definition) is 2. The van der Waals surface area contributed by atoms with Crippen molar-refractivity contribution >= 4 is 5.97 Å². The maximum absolute atomic E-state index is 10.5. The molecule has 21 heavy (non-hydrogen) atoms. The average molecular weight is 297 g/mol. The van der Waals surface area contributed by atoms with Gasteiger partial charge in [-0.3, -0.25) is 4.79 Å². The van der Waals surface area contributed by atoms with Crippen molar-refractivity contribution in [3.8, 4) is 0 Å². The van der Waals surface area contributed by atoms with Crippen LogP contribution >= 0.6 is 0 Å². The second kappa shape index (κ2) is 11.1. The quantitative estimate of drug-likeness (QED) is 0.512. The highest BCUT2D eigenvalue weighted by atomic mass is 16.4. The van der Waals surface area contributed by atoms with E-state index in [1.54, 1.807) is 0 Å². The molecule has 0 radical (unpaired) electrons. The van der Waals surface area contributed by atoms with Crippen molar-refractivity contribution in [2.75, 3.05) is 0 Å². The van der Waals surface area contributed by atoms with E-state index in [2.05, 4.69) is 6.92 Å². The molecule has 1 unspecified atom stereocenters. The van der Waals surface area contributed by atoms with Crippen molar-refractivity contribution in [2.24, 2.45) is 17.6 Å². The Bertz CT molecular complexity index is 280. The van der Waals surface area contributed by atoms with Crippen molar-refractivity contribution in [2.45, 2.75) is 96.4 Å². The van der Waals surface area contributed by atoms with E-state index in [1.165, 1.54) is 64.2 Å². The fraction of sp³-hybridized carbons (Fsp3) is 0.944. The highest BCUT2D eigenvalue weighted by Crippen LogP contribution is 2.38. The van der Waals surface area contributed by atoms with Gasteiger partial charge >= 0.3 is 5.97 Å². The lowest BCUT2D eigenvalue weighted by atomic mass is 9.85. The maximum Gasteiger partial charge on any atom is 0.303 e. The van der Waals surface area contributed by atoms with Crippen LogP contribution in [0.5, 0.6) is 0 Å². The van der Waals surface area contributed by atoms with Crippen LogP contribution in [0.15, 0.2) is 0 Å². The fourth-order valence-electron chi connectivity index (χ4n) is 3.84.